The Bertz CT molecular complexity index is 1260. The van der Waals surface area contributed by atoms with Crippen LogP contribution in [0.15, 0.2) is 48.7 Å². The Morgan fingerprint density at radius 2 is 1.64 bits per heavy atom. The van der Waals surface area contributed by atoms with Gasteiger partial charge in [-0.25, -0.2) is 4.79 Å². The summed E-state index contributed by atoms with van der Waals surface area (Å²) < 4.78 is 11.4. The Morgan fingerprint density at radius 1 is 1.00 bits per heavy atom. The van der Waals surface area contributed by atoms with Crippen LogP contribution < -0.4 is 9.64 Å². The SMILES string of the molecule is COc1c(C)cnc(CN(C(=O)OC(C)(C)C)c2cc(C)cc(-c3ccccc3C)c2)c1C.O=C=O. The highest BCUT2D eigenvalue weighted by molar-refractivity contribution is 5.89. The van der Waals surface area contributed by atoms with Crippen LogP contribution >= 0.6 is 0 Å². The number of anilines is 1. The monoisotopic (exact) mass is 490 g/mol. The van der Waals surface area contributed by atoms with Crippen molar-refractivity contribution in [3.05, 3.63) is 76.6 Å². The molecule has 0 unspecified atom stereocenters. The van der Waals surface area contributed by atoms with E-state index in [0.29, 0.717) is 0 Å². The van der Waals surface area contributed by atoms with Gasteiger partial charge in [0.1, 0.15) is 11.4 Å². The molecule has 0 fully saturated rings. The number of benzene rings is 2. The number of methoxy groups -OCH3 is 1. The molecule has 1 amide bonds. The maximum absolute atomic E-state index is 13.4. The van der Waals surface area contributed by atoms with Crippen LogP contribution in [0.25, 0.3) is 11.1 Å². The first kappa shape index (κ1) is 28.3. The van der Waals surface area contributed by atoms with E-state index in [1.54, 1.807) is 18.2 Å². The largest absolute Gasteiger partial charge is 0.496 e. The highest BCUT2D eigenvalue weighted by Gasteiger charge is 2.26. The molecule has 2 aromatic carbocycles. The number of rotatable bonds is 5. The average Bonchev–Trinajstić information content (AvgIpc) is 2.78. The molecule has 7 heteroatoms. The highest BCUT2D eigenvalue weighted by atomic mass is 16.6. The number of hydrogen-bond acceptors (Lipinski definition) is 6. The zero-order valence-electron chi connectivity index (χ0n) is 22.3. The van der Waals surface area contributed by atoms with Crippen molar-refractivity contribution in [1.29, 1.82) is 0 Å². The molecular weight excluding hydrogens is 456 g/mol. The standard InChI is InChI=1S/C28H34N2O3.CO2/c1-18-13-22(24-12-10-9-11-19(24)2)15-23(14-18)30(27(31)33-28(5,6)7)17-25-21(4)26(32-8)20(3)16-29-25;2-1-3/h9-16H,17H2,1-8H3;. The molecule has 190 valence electrons. The molecule has 0 saturated carbocycles. The Balaban J connectivity index is 0.00000145. The quantitative estimate of drug-likeness (QED) is 0.414. The van der Waals surface area contributed by atoms with Gasteiger partial charge in [0, 0.05) is 23.0 Å². The molecule has 1 aromatic heterocycles. The van der Waals surface area contributed by atoms with Crippen molar-refractivity contribution >= 4 is 17.9 Å². The molecule has 0 saturated heterocycles. The van der Waals surface area contributed by atoms with Gasteiger partial charge in [-0.2, -0.15) is 9.59 Å². The number of nitrogens with zero attached hydrogens (tertiary/aromatic N) is 2. The maximum Gasteiger partial charge on any atom is 0.415 e. The second-order valence-corrected chi connectivity index (χ2v) is 9.57. The molecule has 0 spiro atoms. The fourth-order valence-electron chi connectivity index (χ4n) is 3.93. The van der Waals surface area contributed by atoms with Gasteiger partial charge < -0.3 is 9.47 Å². The predicted octanol–water partition coefficient (Wildman–Crippen LogP) is 6.35. The van der Waals surface area contributed by atoms with Crippen LogP contribution in [0.3, 0.4) is 0 Å². The zero-order valence-corrected chi connectivity index (χ0v) is 22.3. The van der Waals surface area contributed by atoms with Gasteiger partial charge in [-0.05, 0) is 82.9 Å². The number of aryl methyl sites for hydroxylation is 3. The van der Waals surface area contributed by atoms with E-state index in [1.807, 2.05) is 65.8 Å². The lowest BCUT2D eigenvalue weighted by Gasteiger charge is -2.28. The molecule has 0 aliphatic carbocycles. The molecular formula is C29H34N2O5. The molecule has 0 bridgehead atoms. The Kier molecular flexibility index (Phi) is 9.53. The summed E-state index contributed by atoms with van der Waals surface area (Å²) in [5.41, 5.74) is 7.22. The van der Waals surface area contributed by atoms with Gasteiger partial charge in [-0.3, -0.25) is 9.88 Å². The molecule has 0 N–H and O–H groups in total. The van der Waals surface area contributed by atoms with Crippen LogP contribution in [0.2, 0.25) is 0 Å². The maximum atomic E-state index is 13.4. The highest BCUT2D eigenvalue weighted by Crippen LogP contribution is 2.32. The molecule has 3 rings (SSSR count). The minimum atomic E-state index is -0.620. The van der Waals surface area contributed by atoms with Crippen LogP contribution in [-0.2, 0) is 20.9 Å². The van der Waals surface area contributed by atoms with Crippen molar-refractivity contribution in [3.8, 4) is 16.9 Å². The summed E-state index contributed by atoms with van der Waals surface area (Å²) in [6.07, 6.45) is 1.62. The molecule has 3 aromatic rings. The third-order valence-corrected chi connectivity index (χ3v) is 5.50. The number of amides is 1. The third kappa shape index (κ3) is 7.27. The Hall–Kier alpha value is -3.96. The van der Waals surface area contributed by atoms with E-state index in [4.69, 9.17) is 19.1 Å². The van der Waals surface area contributed by atoms with Crippen molar-refractivity contribution in [1.82, 2.24) is 4.98 Å². The van der Waals surface area contributed by atoms with E-state index >= 15 is 0 Å². The van der Waals surface area contributed by atoms with Crippen LogP contribution in [0.4, 0.5) is 10.5 Å². The summed E-state index contributed by atoms with van der Waals surface area (Å²) in [5.74, 6) is 0.786. The molecule has 36 heavy (non-hydrogen) atoms. The van der Waals surface area contributed by atoms with E-state index in [9.17, 15) is 4.79 Å². The summed E-state index contributed by atoms with van der Waals surface area (Å²) in [6, 6.07) is 14.4. The second-order valence-electron chi connectivity index (χ2n) is 9.57. The lowest BCUT2D eigenvalue weighted by atomic mass is 9.98. The van der Waals surface area contributed by atoms with Gasteiger partial charge in [0.2, 0.25) is 0 Å². The Labute approximate surface area is 213 Å². The van der Waals surface area contributed by atoms with E-state index in [1.165, 1.54) is 5.56 Å². The van der Waals surface area contributed by atoms with Crippen molar-refractivity contribution in [2.75, 3.05) is 12.0 Å². The second kappa shape index (κ2) is 12.1. The molecule has 0 radical (unpaired) electrons. The van der Waals surface area contributed by atoms with Crippen molar-refractivity contribution < 1.29 is 23.9 Å². The minimum Gasteiger partial charge on any atom is -0.496 e. The fourth-order valence-corrected chi connectivity index (χ4v) is 3.93. The first-order valence-corrected chi connectivity index (χ1v) is 11.6. The fraction of sp³-hybridized carbons (Fsp3) is 0.345. The minimum absolute atomic E-state index is 0.250. The first-order valence-electron chi connectivity index (χ1n) is 11.6. The lowest BCUT2D eigenvalue weighted by molar-refractivity contribution is -0.191. The van der Waals surface area contributed by atoms with E-state index in [0.717, 1.165) is 44.9 Å². The van der Waals surface area contributed by atoms with Crippen molar-refractivity contribution in [2.45, 2.75) is 60.6 Å². The van der Waals surface area contributed by atoms with E-state index in [2.05, 4.69) is 30.1 Å². The van der Waals surface area contributed by atoms with Gasteiger partial charge in [-0.15, -0.1) is 0 Å². The van der Waals surface area contributed by atoms with Crippen molar-refractivity contribution in [2.24, 2.45) is 0 Å². The number of carbonyl (C=O) groups excluding carboxylic acids is 3. The van der Waals surface area contributed by atoms with Gasteiger partial charge >= 0.3 is 12.2 Å². The van der Waals surface area contributed by atoms with Crippen LogP contribution in [0, 0.1) is 27.7 Å². The molecule has 1 heterocycles. The summed E-state index contributed by atoms with van der Waals surface area (Å²) in [7, 11) is 1.65. The smallest absolute Gasteiger partial charge is 0.415 e. The molecule has 0 aliphatic rings. The lowest BCUT2D eigenvalue weighted by Crippen LogP contribution is -2.37. The number of aromatic nitrogens is 1. The van der Waals surface area contributed by atoms with E-state index in [-0.39, 0.29) is 12.7 Å². The number of ether oxygens (including phenoxy) is 2. The zero-order chi connectivity index (χ0) is 27.0. The predicted molar refractivity (Wildman–Crippen MR) is 139 cm³/mol. The van der Waals surface area contributed by atoms with Crippen molar-refractivity contribution in [3.63, 3.8) is 0 Å². The summed E-state index contributed by atoms with van der Waals surface area (Å²) >= 11 is 0. The molecule has 0 aliphatic heterocycles. The molecule has 7 nitrogen and oxygen atoms in total. The third-order valence-electron chi connectivity index (χ3n) is 5.50. The van der Waals surface area contributed by atoms with Gasteiger partial charge in [0.05, 0.1) is 19.3 Å². The average molecular weight is 491 g/mol. The normalized spacial score (nSPS) is 10.6. The summed E-state index contributed by atoms with van der Waals surface area (Å²) in [6.45, 7) is 13.9. The van der Waals surface area contributed by atoms with Crippen LogP contribution in [-0.4, -0.2) is 29.9 Å². The number of carbonyl (C=O) groups is 1. The first-order chi connectivity index (χ1) is 16.9. The van der Waals surface area contributed by atoms with Crippen LogP contribution in [0.1, 0.15) is 48.7 Å². The molecule has 0 atom stereocenters. The van der Waals surface area contributed by atoms with E-state index < -0.39 is 11.7 Å². The van der Waals surface area contributed by atoms with Crippen LogP contribution in [0.5, 0.6) is 5.75 Å². The number of hydrogen-bond donors (Lipinski definition) is 0. The summed E-state index contributed by atoms with van der Waals surface area (Å²) in [5, 5.41) is 0. The Morgan fingerprint density at radius 3 is 2.22 bits per heavy atom. The number of pyridine rings is 1. The van der Waals surface area contributed by atoms with Gasteiger partial charge in [0.25, 0.3) is 0 Å². The van der Waals surface area contributed by atoms with Gasteiger partial charge in [0.15, 0.2) is 0 Å². The van der Waals surface area contributed by atoms with Gasteiger partial charge in [-0.1, -0.05) is 30.3 Å². The topological polar surface area (TPSA) is 85.8 Å². The summed E-state index contributed by atoms with van der Waals surface area (Å²) in [4.78, 5) is 35.9.